The molecule has 28 heavy (non-hydrogen) atoms. The van der Waals surface area contributed by atoms with Crippen LogP contribution in [-0.4, -0.2) is 26.7 Å². The Labute approximate surface area is 159 Å². The molecule has 2 unspecified atom stereocenters. The average Bonchev–Trinajstić information content (AvgIpc) is 3.42. The van der Waals surface area contributed by atoms with Gasteiger partial charge in [-0.25, -0.2) is 9.07 Å². The number of nitrogens with one attached hydrogen (secondary N) is 2. The minimum absolute atomic E-state index is 0.00296. The van der Waals surface area contributed by atoms with E-state index < -0.39 is 5.91 Å². The number of carbonyl (C=O) groups excluding carboxylic acids is 2. The van der Waals surface area contributed by atoms with Gasteiger partial charge in [0.25, 0.3) is 5.91 Å². The Morgan fingerprint density at radius 3 is 2.50 bits per heavy atom. The van der Waals surface area contributed by atoms with E-state index in [1.165, 1.54) is 23.0 Å². The van der Waals surface area contributed by atoms with Crippen molar-refractivity contribution >= 4 is 11.8 Å². The van der Waals surface area contributed by atoms with E-state index in [1.807, 2.05) is 6.07 Å². The second kappa shape index (κ2) is 7.15. The minimum atomic E-state index is -0.723. The molecule has 3 aromatic rings. The van der Waals surface area contributed by atoms with Crippen LogP contribution in [0, 0.1) is 11.7 Å². The lowest BCUT2D eigenvalue weighted by molar-refractivity contribution is -0.123. The number of hydrogen-bond acceptors (Lipinski definition) is 4. The van der Waals surface area contributed by atoms with Gasteiger partial charge < -0.3 is 5.11 Å². The van der Waals surface area contributed by atoms with Gasteiger partial charge in [-0.3, -0.25) is 20.4 Å². The van der Waals surface area contributed by atoms with Crippen LogP contribution in [0.25, 0.3) is 5.69 Å². The van der Waals surface area contributed by atoms with Crippen molar-refractivity contribution in [2.75, 3.05) is 0 Å². The van der Waals surface area contributed by atoms with Crippen molar-refractivity contribution in [2.24, 2.45) is 5.92 Å². The Kier molecular flexibility index (Phi) is 4.52. The van der Waals surface area contributed by atoms with Crippen LogP contribution in [0.4, 0.5) is 4.39 Å². The highest BCUT2D eigenvalue weighted by Gasteiger charge is 2.44. The highest BCUT2D eigenvalue weighted by atomic mass is 19.1. The number of nitrogens with zero attached hydrogens (tertiary/aromatic N) is 2. The van der Waals surface area contributed by atoms with Crippen LogP contribution >= 0.6 is 0 Å². The first-order chi connectivity index (χ1) is 13.5. The molecular formula is C20H17FN4O3. The predicted octanol–water partition coefficient (Wildman–Crippen LogP) is 2.28. The van der Waals surface area contributed by atoms with Gasteiger partial charge in [0.05, 0.1) is 11.9 Å². The Hall–Kier alpha value is -3.68. The van der Waals surface area contributed by atoms with Gasteiger partial charge in [-0.15, -0.1) is 0 Å². The number of hydrazine groups is 1. The summed E-state index contributed by atoms with van der Waals surface area (Å²) in [5, 5.41) is 14.0. The number of carbonyl (C=O) groups is 2. The first-order valence-electron chi connectivity index (χ1n) is 8.72. The number of benzene rings is 2. The minimum Gasteiger partial charge on any atom is -0.504 e. The summed E-state index contributed by atoms with van der Waals surface area (Å²) in [4.78, 5) is 24.5. The third-order valence-electron chi connectivity index (χ3n) is 4.66. The maximum atomic E-state index is 13.0. The largest absolute Gasteiger partial charge is 0.504 e. The fourth-order valence-corrected chi connectivity index (χ4v) is 3.07. The highest BCUT2D eigenvalue weighted by Crippen LogP contribution is 2.47. The van der Waals surface area contributed by atoms with Crippen LogP contribution in [0.1, 0.15) is 28.4 Å². The standard InChI is InChI=1S/C20H17FN4O3/c21-13-8-6-12(7-9-13)15-10-16(15)19(27)22-23-20(28)18-17(26)11-25(24-18)14-4-2-1-3-5-14/h1-9,11,15-16,26H,10H2,(H,22,27)(H,23,28). The Morgan fingerprint density at radius 1 is 1.07 bits per heavy atom. The van der Waals surface area contributed by atoms with Crippen molar-refractivity contribution in [3.05, 3.63) is 77.9 Å². The summed E-state index contributed by atoms with van der Waals surface area (Å²) in [6.45, 7) is 0. The van der Waals surface area contributed by atoms with E-state index in [2.05, 4.69) is 16.0 Å². The lowest BCUT2D eigenvalue weighted by atomic mass is 10.1. The maximum absolute atomic E-state index is 13.0. The molecule has 8 heteroatoms. The zero-order valence-electron chi connectivity index (χ0n) is 14.7. The van der Waals surface area contributed by atoms with E-state index in [0.717, 1.165) is 5.56 Å². The fraction of sp³-hybridized carbons (Fsp3) is 0.150. The summed E-state index contributed by atoms with van der Waals surface area (Å²) in [6.07, 6.45) is 1.94. The van der Waals surface area contributed by atoms with Crippen molar-refractivity contribution in [1.29, 1.82) is 0 Å². The fourth-order valence-electron chi connectivity index (χ4n) is 3.07. The molecule has 1 aliphatic carbocycles. The van der Waals surface area contributed by atoms with Crippen LogP contribution in [0.2, 0.25) is 0 Å². The number of hydrogen-bond donors (Lipinski definition) is 3. The highest BCUT2D eigenvalue weighted by molar-refractivity contribution is 5.96. The first kappa shape index (κ1) is 17.7. The van der Waals surface area contributed by atoms with Gasteiger partial charge >= 0.3 is 0 Å². The number of para-hydroxylation sites is 1. The number of amides is 2. The van der Waals surface area contributed by atoms with E-state index >= 15 is 0 Å². The van der Waals surface area contributed by atoms with Crippen molar-refractivity contribution < 1.29 is 19.1 Å². The molecule has 2 amide bonds. The van der Waals surface area contributed by atoms with Crippen LogP contribution in [-0.2, 0) is 4.79 Å². The van der Waals surface area contributed by atoms with E-state index in [1.54, 1.807) is 36.4 Å². The van der Waals surface area contributed by atoms with Gasteiger partial charge in [0.15, 0.2) is 11.4 Å². The van der Waals surface area contributed by atoms with Crippen molar-refractivity contribution in [3.8, 4) is 11.4 Å². The summed E-state index contributed by atoms with van der Waals surface area (Å²) in [7, 11) is 0. The summed E-state index contributed by atoms with van der Waals surface area (Å²) in [5.74, 6) is -1.98. The summed E-state index contributed by atoms with van der Waals surface area (Å²) >= 11 is 0. The van der Waals surface area contributed by atoms with Gasteiger partial charge in [0.1, 0.15) is 5.82 Å². The molecule has 0 radical (unpaired) electrons. The van der Waals surface area contributed by atoms with Gasteiger partial charge in [-0.2, -0.15) is 5.10 Å². The Bertz CT molecular complexity index is 1020. The second-order valence-electron chi connectivity index (χ2n) is 6.59. The molecule has 1 heterocycles. The molecule has 4 rings (SSSR count). The van der Waals surface area contributed by atoms with Gasteiger partial charge in [-0.05, 0) is 42.2 Å². The maximum Gasteiger partial charge on any atom is 0.294 e. The smallest absolute Gasteiger partial charge is 0.294 e. The van der Waals surface area contributed by atoms with E-state index in [0.29, 0.717) is 12.1 Å². The van der Waals surface area contributed by atoms with Crippen LogP contribution in [0.15, 0.2) is 60.8 Å². The molecule has 1 aliphatic rings. The number of aromatic nitrogens is 2. The molecule has 3 N–H and O–H groups in total. The molecule has 2 aromatic carbocycles. The number of halogens is 1. The van der Waals surface area contributed by atoms with E-state index in [4.69, 9.17) is 0 Å². The molecular weight excluding hydrogens is 363 g/mol. The average molecular weight is 380 g/mol. The van der Waals surface area contributed by atoms with Crippen LogP contribution < -0.4 is 10.9 Å². The third kappa shape index (κ3) is 3.57. The molecule has 142 valence electrons. The second-order valence-corrected chi connectivity index (χ2v) is 6.59. The lowest BCUT2D eigenvalue weighted by Crippen LogP contribution is -2.42. The van der Waals surface area contributed by atoms with Crippen molar-refractivity contribution in [2.45, 2.75) is 12.3 Å². The quantitative estimate of drug-likeness (QED) is 0.605. The molecule has 7 nitrogen and oxygen atoms in total. The molecule has 0 bridgehead atoms. The van der Waals surface area contributed by atoms with Crippen molar-refractivity contribution in [3.63, 3.8) is 0 Å². The van der Waals surface area contributed by atoms with Gasteiger partial charge in [0.2, 0.25) is 5.91 Å². The zero-order chi connectivity index (χ0) is 19.7. The van der Waals surface area contributed by atoms with Crippen molar-refractivity contribution in [1.82, 2.24) is 20.6 Å². The van der Waals surface area contributed by atoms with Gasteiger partial charge in [-0.1, -0.05) is 30.3 Å². The lowest BCUT2D eigenvalue weighted by Gasteiger charge is -2.06. The SMILES string of the molecule is O=C(NNC(=O)C1CC1c1ccc(F)cc1)c1nn(-c2ccccc2)cc1O. The molecule has 1 saturated carbocycles. The first-order valence-corrected chi connectivity index (χ1v) is 8.72. The Morgan fingerprint density at radius 2 is 1.79 bits per heavy atom. The third-order valence-corrected chi connectivity index (χ3v) is 4.66. The monoisotopic (exact) mass is 380 g/mol. The topological polar surface area (TPSA) is 96.3 Å². The van der Waals surface area contributed by atoms with Crippen LogP contribution in [0.5, 0.6) is 5.75 Å². The number of rotatable bonds is 4. The van der Waals surface area contributed by atoms with Crippen LogP contribution in [0.3, 0.4) is 0 Å². The Balaban J connectivity index is 1.35. The van der Waals surface area contributed by atoms with E-state index in [-0.39, 0.29) is 35.0 Å². The normalized spacial score (nSPS) is 17.8. The molecule has 0 aliphatic heterocycles. The summed E-state index contributed by atoms with van der Waals surface area (Å²) in [6, 6.07) is 15.0. The molecule has 1 fully saturated rings. The summed E-state index contributed by atoms with van der Waals surface area (Å²) < 4.78 is 14.4. The molecule has 1 aromatic heterocycles. The zero-order valence-corrected chi connectivity index (χ0v) is 14.7. The number of aromatic hydroxyl groups is 1. The molecule has 0 saturated heterocycles. The summed E-state index contributed by atoms with van der Waals surface area (Å²) in [5.41, 5.74) is 5.99. The molecule has 2 atom stereocenters. The van der Waals surface area contributed by atoms with E-state index in [9.17, 15) is 19.1 Å². The predicted molar refractivity (Wildman–Crippen MR) is 98.1 cm³/mol. The molecule has 0 spiro atoms. The van der Waals surface area contributed by atoms with Gasteiger partial charge in [0, 0.05) is 5.92 Å².